The maximum absolute atomic E-state index is 11.2. The van der Waals surface area contributed by atoms with E-state index in [1.807, 2.05) is 11.9 Å². The average molecular weight is 454 g/mol. The molecule has 0 bridgehead atoms. The third-order valence-electron chi connectivity index (χ3n) is 4.10. The van der Waals surface area contributed by atoms with Gasteiger partial charge in [-0.15, -0.1) is 0 Å². The third kappa shape index (κ3) is 8.70. The van der Waals surface area contributed by atoms with Crippen LogP contribution in [-0.2, 0) is 10.0 Å². The summed E-state index contributed by atoms with van der Waals surface area (Å²) in [6, 6.07) is 10.6. The first-order chi connectivity index (χ1) is 14.5. The molecule has 0 heterocycles. The monoisotopic (exact) mass is 453 g/mol. The zero-order valence-electron chi connectivity index (χ0n) is 17.3. The molecule has 1 unspecified atom stereocenters. The molecule has 0 fully saturated rings. The second kappa shape index (κ2) is 10.8. The van der Waals surface area contributed by atoms with E-state index in [0.717, 1.165) is 6.26 Å². The van der Waals surface area contributed by atoms with Crippen molar-refractivity contribution in [3.05, 3.63) is 48.0 Å². The normalized spacial score (nSPS) is 12.4. The van der Waals surface area contributed by atoms with E-state index < -0.39 is 22.0 Å². The van der Waals surface area contributed by atoms with Gasteiger partial charge in [0.1, 0.15) is 36.6 Å². The van der Waals surface area contributed by atoms with Gasteiger partial charge in [-0.05, 0) is 43.4 Å². The summed E-state index contributed by atoms with van der Waals surface area (Å²) in [5.74, 6) is -0.125. The van der Waals surface area contributed by atoms with Crippen molar-refractivity contribution in [2.75, 3.05) is 44.3 Å². The third-order valence-corrected chi connectivity index (χ3v) is 4.71. The summed E-state index contributed by atoms with van der Waals surface area (Å²) in [6.45, 7) is 1.22. The van der Waals surface area contributed by atoms with E-state index in [-0.39, 0.29) is 17.9 Å². The lowest BCUT2D eigenvalue weighted by atomic mass is 10.2. The fraction of sp³-hybridized carbons (Fsp3) is 0.350. The fourth-order valence-corrected chi connectivity index (χ4v) is 3.22. The van der Waals surface area contributed by atoms with Crippen LogP contribution in [0.2, 0.25) is 0 Å². The molecule has 31 heavy (non-hydrogen) atoms. The van der Waals surface area contributed by atoms with Crippen molar-refractivity contribution in [2.24, 2.45) is 5.73 Å². The molecule has 11 heteroatoms. The predicted octanol–water partition coefficient (Wildman–Crippen LogP) is 0.613. The van der Waals surface area contributed by atoms with E-state index in [4.69, 9.17) is 15.2 Å². The lowest BCUT2D eigenvalue weighted by Crippen LogP contribution is -2.35. The molecule has 0 saturated heterocycles. The highest BCUT2D eigenvalue weighted by Gasteiger charge is 2.12. The van der Waals surface area contributed by atoms with Gasteiger partial charge in [0.15, 0.2) is 0 Å². The molecule has 2 aromatic carbocycles. The van der Waals surface area contributed by atoms with Crippen molar-refractivity contribution in [1.29, 1.82) is 0 Å². The quantitative estimate of drug-likeness (QED) is 0.365. The van der Waals surface area contributed by atoms with Crippen LogP contribution in [-0.4, -0.2) is 75.1 Å². The number of likely N-dealkylation sites (N-methyl/N-ethyl adjacent to an activating group) is 1. The highest BCUT2D eigenvalue weighted by Crippen LogP contribution is 2.23. The molecule has 170 valence electrons. The Bertz CT molecular complexity index is 981. The van der Waals surface area contributed by atoms with Crippen LogP contribution >= 0.6 is 0 Å². The lowest BCUT2D eigenvalue weighted by Gasteiger charge is -2.21. The molecule has 10 nitrogen and oxygen atoms in total. The molecule has 1 atom stereocenters. The summed E-state index contributed by atoms with van der Waals surface area (Å²) in [5, 5.41) is 19.9. The first-order valence-electron chi connectivity index (χ1n) is 9.36. The zero-order valence-corrected chi connectivity index (χ0v) is 18.1. The van der Waals surface area contributed by atoms with Gasteiger partial charge in [0, 0.05) is 24.8 Å². The number of carbonyl (C=O) groups is 1. The number of sulfonamides is 1. The highest BCUT2D eigenvalue weighted by atomic mass is 32.2. The molecule has 0 radical (unpaired) electrons. The maximum atomic E-state index is 11.2. The summed E-state index contributed by atoms with van der Waals surface area (Å²) in [6.07, 6.45) is 0.292. The molecule has 2 aromatic rings. The van der Waals surface area contributed by atoms with Crippen molar-refractivity contribution >= 4 is 21.6 Å². The molecule has 0 saturated carbocycles. The number of benzene rings is 2. The fourth-order valence-electron chi connectivity index (χ4n) is 2.66. The van der Waals surface area contributed by atoms with Gasteiger partial charge in [0.25, 0.3) is 5.91 Å². The first kappa shape index (κ1) is 24.3. The van der Waals surface area contributed by atoms with E-state index in [1.54, 1.807) is 24.3 Å². The molecule has 0 aromatic heterocycles. The molecule has 0 aliphatic rings. The molecule has 0 aliphatic carbocycles. The average Bonchev–Trinajstić information content (AvgIpc) is 2.66. The van der Waals surface area contributed by atoms with Crippen LogP contribution in [0.5, 0.6) is 17.2 Å². The van der Waals surface area contributed by atoms with Crippen LogP contribution in [0, 0.1) is 0 Å². The van der Waals surface area contributed by atoms with Gasteiger partial charge in [-0.3, -0.25) is 9.52 Å². The van der Waals surface area contributed by atoms with Crippen molar-refractivity contribution in [1.82, 2.24) is 4.90 Å². The number of hydrogen-bond acceptors (Lipinski definition) is 8. The van der Waals surface area contributed by atoms with Gasteiger partial charge < -0.3 is 30.3 Å². The molecule has 1 amide bonds. The van der Waals surface area contributed by atoms with Crippen molar-refractivity contribution in [2.45, 2.75) is 6.10 Å². The van der Waals surface area contributed by atoms with E-state index >= 15 is 0 Å². The number of primary amides is 1. The smallest absolute Gasteiger partial charge is 0.252 e. The number of nitrogens with two attached hydrogens (primary N) is 1. The largest absolute Gasteiger partial charge is 0.507 e. The Labute approximate surface area is 181 Å². The number of carbonyl (C=O) groups excluding carboxylic acids is 1. The van der Waals surface area contributed by atoms with Crippen molar-refractivity contribution in [3.63, 3.8) is 0 Å². The zero-order chi connectivity index (χ0) is 23.0. The Kier molecular flexibility index (Phi) is 8.48. The Balaban J connectivity index is 1.70. The molecular weight excluding hydrogens is 426 g/mol. The number of phenols is 1. The number of rotatable bonds is 12. The molecule has 2 rings (SSSR count). The Hall–Kier alpha value is -3.02. The van der Waals surface area contributed by atoms with Crippen molar-refractivity contribution < 1.29 is 32.9 Å². The molecule has 0 spiro atoms. The predicted molar refractivity (Wildman–Crippen MR) is 116 cm³/mol. The number of aromatic hydroxyl groups is 1. The molecule has 5 N–H and O–H groups in total. The minimum absolute atomic E-state index is 0.00461. The highest BCUT2D eigenvalue weighted by molar-refractivity contribution is 7.92. The SMILES string of the molecule is CN(CCOc1ccc(NS(C)(=O)=O)cc1)CC(O)COc1ccc(C(N)=O)c(O)c1. The van der Waals surface area contributed by atoms with Crippen molar-refractivity contribution in [3.8, 4) is 17.2 Å². The maximum Gasteiger partial charge on any atom is 0.252 e. The van der Waals surface area contributed by atoms with Gasteiger partial charge in [-0.25, -0.2) is 8.42 Å². The minimum Gasteiger partial charge on any atom is -0.507 e. The number of hydrogen-bond donors (Lipinski definition) is 4. The van der Waals surface area contributed by atoms with E-state index in [2.05, 4.69) is 4.72 Å². The summed E-state index contributed by atoms with van der Waals surface area (Å²) in [5.41, 5.74) is 5.57. The van der Waals surface area contributed by atoms with Gasteiger partial charge >= 0.3 is 0 Å². The van der Waals surface area contributed by atoms with Crippen LogP contribution in [0.1, 0.15) is 10.4 Å². The minimum atomic E-state index is -3.32. The number of nitrogens with one attached hydrogen (secondary N) is 1. The lowest BCUT2D eigenvalue weighted by molar-refractivity contribution is 0.0721. The second-order valence-electron chi connectivity index (χ2n) is 7.02. The topological polar surface area (TPSA) is 151 Å². The van der Waals surface area contributed by atoms with Crippen LogP contribution in [0.15, 0.2) is 42.5 Å². The van der Waals surface area contributed by atoms with E-state index in [0.29, 0.717) is 36.9 Å². The summed E-state index contributed by atoms with van der Waals surface area (Å²) < 4.78 is 35.8. The van der Waals surface area contributed by atoms with Crippen LogP contribution in [0.4, 0.5) is 5.69 Å². The second-order valence-corrected chi connectivity index (χ2v) is 8.77. The number of aliphatic hydroxyl groups is 1. The molecular formula is C20H27N3O7S. The number of anilines is 1. The van der Waals surface area contributed by atoms with E-state index in [9.17, 15) is 23.4 Å². The first-order valence-corrected chi connectivity index (χ1v) is 11.3. The Morgan fingerprint density at radius 1 is 1.16 bits per heavy atom. The standard InChI is InChI=1S/C20H27N3O7S/c1-23(9-10-29-16-5-3-14(4-6-16)22-31(2,27)28)12-15(24)13-30-17-7-8-18(20(21)26)19(25)11-17/h3-8,11,15,22,24-25H,9-10,12-13H2,1-2H3,(H2,21,26). The number of ether oxygens (including phenoxy) is 2. The molecule has 0 aliphatic heterocycles. The number of amides is 1. The van der Waals surface area contributed by atoms with Gasteiger partial charge in [-0.2, -0.15) is 0 Å². The number of aliphatic hydroxyl groups excluding tert-OH is 1. The number of nitrogens with zero attached hydrogens (tertiary/aromatic N) is 1. The van der Waals surface area contributed by atoms with Crippen LogP contribution < -0.4 is 19.9 Å². The summed E-state index contributed by atoms with van der Waals surface area (Å²) in [7, 11) is -1.50. The summed E-state index contributed by atoms with van der Waals surface area (Å²) >= 11 is 0. The van der Waals surface area contributed by atoms with Gasteiger partial charge in [0.05, 0.1) is 11.8 Å². The Morgan fingerprint density at radius 2 is 1.81 bits per heavy atom. The van der Waals surface area contributed by atoms with Gasteiger partial charge in [-0.1, -0.05) is 0 Å². The van der Waals surface area contributed by atoms with Crippen LogP contribution in [0.3, 0.4) is 0 Å². The van der Waals surface area contributed by atoms with E-state index in [1.165, 1.54) is 18.2 Å². The van der Waals surface area contributed by atoms with Gasteiger partial charge in [0.2, 0.25) is 10.0 Å². The van der Waals surface area contributed by atoms with Crippen LogP contribution in [0.25, 0.3) is 0 Å². The Morgan fingerprint density at radius 3 is 2.39 bits per heavy atom. The summed E-state index contributed by atoms with van der Waals surface area (Å²) in [4.78, 5) is 13.0.